The molecule has 2 aromatic carbocycles. The van der Waals surface area contributed by atoms with Gasteiger partial charge in [-0.2, -0.15) is 0 Å². The largest absolute Gasteiger partial charge is 0.0616 e. The standard InChI is InChI=1S/C12H9Br/c13-9-8-11-6-3-5-10-4-1-2-7-12(10)11/h1-9H/b9-8+. The van der Waals surface area contributed by atoms with E-state index in [1.54, 1.807) is 0 Å². The number of hydrogen-bond donors (Lipinski definition) is 0. The Balaban J connectivity index is 2.75. The maximum atomic E-state index is 3.29. The van der Waals surface area contributed by atoms with Crippen molar-refractivity contribution in [2.24, 2.45) is 0 Å². The molecule has 0 aliphatic carbocycles. The summed E-state index contributed by atoms with van der Waals surface area (Å²) in [7, 11) is 0. The van der Waals surface area contributed by atoms with Gasteiger partial charge < -0.3 is 0 Å². The lowest BCUT2D eigenvalue weighted by atomic mass is 10.1. The zero-order valence-electron chi connectivity index (χ0n) is 7.07. The number of benzene rings is 2. The summed E-state index contributed by atoms with van der Waals surface area (Å²) in [4.78, 5) is 1.88. The highest BCUT2D eigenvalue weighted by molar-refractivity contribution is 9.11. The van der Waals surface area contributed by atoms with E-state index in [9.17, 15) is 0 Å². The van der Waals surface area contributed by atoms with Crippen LogP contribution in [-0.2, 0) is 0 Å². The van der Waals surface area contributed by atoms with Crippen molar-refractivity contribution in [3.05, 3.63) is 53.0 Å². The average molecular weight is 233 g/mol. The van der Waals surface area contributed by atoms with Crippen LogP contribution in [0.25, 0.3) is 16.8 Å². The first-order valence-electron chi connectivity index (χ1n) is 4.16. The first-order chi connectivity index (χ1) is 6.42. The summed E-state index contributed by atoms with van der Waals surface area (Å²) < 4.78 is 0. The monoisotopic (exact) mass is 232 g/mol. The molecule has 0 N–H and O–H groups in total. The molecule has 0 nitrogen and oxygen atoms in total. The number of halogens is 1. The summed E-state index contributed by atoms with van der Waals surface area (Å²) in [6.07, 6.45) is 2.06. The molecule has 0 saturated carbocycles. The molecule has 0 amide bonds. The number of hydrogen-bond acceptors (Lipinski definition) is 0. The van der Waals surface area contributed by atoms with Crippen molar-refractivity contribution in [1.29, 1.82) is 0 Å². The van der Waals surface area contributed by atoms with E-state index in [4.69, 9.17) is 0 Å². The van der Waals surface area contributed by atoms with Crippen molar-refractivity contribution in [1.82, 2.24) is 0 Å². The van der Waals surface area contributed by atoms with Gasteiger partial charge >= 0.3 is 0 Å². The molecule has 0 spiro atoms. The molecule has 0 heterocycles. The van der Waals surface area contributed by atoms with Crippen LogP contribution in [0.15, 0.2) is 47.4 Å². The number of fused-ring (bicyclic) bond motifs is 1. The third-order valence-electron chi connectivity index (χ3n) is 2.07. The molecule has 0 atom stereocenters. The Kier molecular flexibility index (Phi) is 2.46. The normalized spacial score (nSPS) is 11.2. The third kappa shape index (κ3) is 1.65. The van der Waals surface area contributed by atoms with Crippen LogP contribution >= 0.6 is 15.9 Å². The van der Waals surface area contributed by atoms with Crippen molar-refractivity contribution in [3.8, 4) is 0 Å². The molecule has 0 aliphatic heterocycles. The summed E-state index contributed by atoms with van der Waals surface area (Å²) >= 11 is 3.29. The van der Waals surface area contributed by atoms with Gasteiger partial charge in [0.2, 0.25) is 0 Å². The smallest absolute Gasteiger partial charge is 0.0111 e. The van der Waals surface area contributed by atoms with Crippen molar-refractivity contribution in [2.75, 3.05) is 0 Å². The van der Waals surface area contributed by atoms with Crippen molar-refractivity contribution in [3.63, 3.8) is 0 Å². The first-order valence-corrected chi connectivity index (χ1v) is 5.08. The van der Waals surface area contributed by atoms with Gasteiger partial charge in [0.25, 0.3) is 0 Å². The summed E-state index contributed by atoms with van der Waals surface area (Å²) in [5, 5.41) is 2.58. The van der Waals surface area contributed by atoms with Gasteiger partial charge in [-0.05, 0) is 27.4 Å². The van der Waals surface area contributed by atoms with E-state index in [1.807, 2.05) is 4.99 Å². The van der Waals surface area contributed by atoms with Crippen LogP contribution in [-0.4, -0.2) is 0 Å². The van der Waals surface area contributed by atoms with E-state index in [2.05, 4.69) is 64.5 Å². The van der Waals surface area contributed by atoms with E-state index in [0.29, 0.717) is 0 Å². The highest BCUT2D eigenvalue weighted by Crippen LogP contribution is 2.19. The SMILES string of the molecule is Br/C=C/c1cccc2ccccc12. The van der Waals surface area contributed by atoms with Gasteiger partial charge in [-0.25, -0.2) is 0 Å². The van der Waals surface area contributed by atoms with E-state index in [-0.39, 0.29) is 0 Å². The maximum absolute atomic E-state index is 3.29. The summed E-state index contributed by atoms with van der Waals surface area (Å²) in [5.41, 5.74) is 1.25. The predicted octanol–water partition coefficient (Wildman–Crippen LogP) is 4.21. The van der Waals surface area contributed by atoms with Crippen LogP contribution in [0.1, 0.15) is 5.56 Å². The van der Waals surface area contributed by atoms with Gasteiger partial charge in [-0.1, -0.05) is 58.4 Å². The summed E-state index contributed by atoms with van der Waals surface area (Å²) in [6.45, 7) is 0. The van der Waals surface area contributed by atoms with Crippen LogP contribution in [0.4, 0.5) is 0 Å². The molecule has 2 rings (SSSR count). The van der Waals surface area contributed by atoms with Crippen LogP contribution < -0.4 is 0 Å². The van der Waals surface area contributed by atoms with Crippen molar-refractivity contribution in [2.45, 2.75) is 0 Å². The minimum Gasteiger partial charge on any atom is -0.0616 e. The molecule has 0 aromatic heterocycles. The molecule has 1 heteroatoms. The van der Waals surface area contributed by atoms with E-state index in [1.165, 1.54) is 16.3 Å². The average Bonchev–Trinajstić information content (AvgIpc) is 2.19. The Labute approximate surface area is 86.0 Å². The van der Waals surface area contributed by atoms with Gasteiger partial charge in [0, 0.05) is 0 Å². The van der Waals surface area contributed by atoms with Gasteiger partial charge in [-0.3, -0.25) is 0 Å². The molecule has 0 unspecified atom stereocenters. The quantitative estimate of drug-likeness (QED) is 0.692. The van der Waals surface area contributed by atoms with Crippen molar-refractivity contribution < 1.29 is 0 Å². The second-order valence-corrected chi connectivity index (χ2v) is 3.39. The molecule has 0 radical (unpaired) electrons. The zero-order valence-corrected chi connectivity index (χ0v) is 8.66. The van der Waals surface area contributed by atoms with E-state index in [0.717, 1.165) is 0 Å². The Morgan fingerprint density at radius 3 is 2.54 bits per heavy atom. The minimum absolute atomic E-state index is 1.25. The van der Waals surface area contributed by atoms with Crippen molar-refractivity contribution >= 4 is 32.8 Å². The molecule has 0 fully saturated rings. The minimum atomic E-state index is 1.25. The molecule has 0 aliphatic rings. The molecular weight excluding hydrogens is 224 g/mol. The second-order valence-electron chi connectivity index (χ2n) is 2.86. The summed E-state index contributed by atoms with van der Waals surface area (Å²) in [5.74, 6) is 0. The predicted molar refractivity (Wildman–Crippen MR) is 61.9 cm³/mol. The Bertz CT molecular complexity index is 438. The molecule has 13 heavy (non-hydrogen) atoms. The Morgan fingerprint density at radius 2 is 1.69 bits per heavy atom. The van der Waals surface area contributed by atoms with E-state index >= 15 is 0 Å². The van der Waals surface area contributed by atoms with Gasteiger partial charge in [-0.15, -0.1) is 0 Å². The van der Waals surface area contributed by atoms with Gasteiger partial charge in [0.05, 0.1) is 0 Å². The zero-order chi connectivity index (χ0) is 9.10. The second kappa shape index (κ2) is 3.75. The lowest BCUT2D eigenvalue weighted by molar-refractivity contribution is 1.72. The highest BCUT2D eigenvalue weighted by atomic mass is 79.9. The van der Waals surface area contributed by atoms with Crippen LogP contribution in [0.5, 0.6) is 0 Å². The Morgan fingerprint density at radius 1 is 0.923 bits per heavy atom. The third-order valence-corrected chi connectivity index (χ3v) is 2.33. The van der Waals surface area contributed by atoms with E-state index < -0.39 is 0 Å². The maximum Gasteiger partial charge on any atom is -0.0111 e. The van der Waals surface area contributed by atoms with Gasteiger partial charge in [0.1, 0.15) is 0 Å². The van der Waals surface area contributed by atoms with Crippen LogP contribution in [0.3, 0.4) is 0 Å². The topological polar surface area (TPSA) is 0 Å². The van der Waals surface area contributed by atoms with Crippen LogP contribution in [0.2, 0.25) is 0 Å². The number of rotatable bonds is 1. The van der Waals surface area contributed by atoms with Gasteiger partial charge in [0.15, 0.2) is 0 Å². The highest BCUT2D eigenvalue weighted by Gasteiger charge is 1.94. The molecule has 0 saturated heterocycles. The fraction of sp³-hybridized carbons (Fsp3) is 0. The Hall–Kier alpha value is -1.08. The molecule has 64 valence electrons. The van der Waals surface area contributed by atoms with Crippen LogP contribution in [0, 0.1) is 0 Å². The molecule has 0 bridgehead atoms. The summed E-state index contributed by atoms with van der Waals surface area (Å²) in [6, 6.07) is 14.7. The molecule has 2 aromatic rings. The fourth-order valence-corrected chi connectivity index (χ4v) is 1.75. The fourth-order valence-electron chi connectivity index (χ4n) is 1.46. The first kappa shape index (κ1) is 8.52. The lowest BCUT2D eigenvalue weighted by Crippen LogP contribution is -1.76. The lowest BCUT2D eigenvalue weighted by Gasteiger charge is -2.00. The molecular formula is C12H9Br.